The number of carbonyl (C=O) groups excluding carboxylic acids is 2. The zero-order chi connectivity index (χ0) is 22.0. The Morgan fingerprint density at radius 2 is 1.61 bits per heavy atom. The highest BCUT2D eigenvalue weighted by molar-refractivity contribution is 6.20. The number of hydrogen-bond donors (Lipinski definition) is 1. The van der Waals surface area contributed by atoms with Crippen molar-refractivity contribution in [2.45, 2.75) is 26.8 Å². The molecular weight excluding hydrogens is 386 g/mol. The largest absolute Gasteiger partial charge is 0.325 e. The fraction of sp³-hybridized carbons (Fsp3) is 0.192. The molecule has 0 spiro atoms. The molecule has 0 aromatic heterocycles. The number of aliphatic imine (C=N–C) groups is 1. The maximum atomic E-state index is 13.2. The molecule has 0 saturated heterocycles. The van der Waals surface area contributed by atoms with Gasteiger partial charge in [-0.15, -0.1) is 0 Å². The van der Waals surface area contributed by atoms with Crippen LogP contribution in [0.3, 0.4) is 0 Å². The van der Waals surface area contributed by atoms with E-state index in [0.717, 1.165) is 33.7 Å². The molecular formula is C26H25N3O2. The van der Waals surface area contributed by atoms with Crippen LogP contribution >= 0.6 is 0 Å². The fourth-order valence-corrected chi connectivity index (χ4v) is 3.95. The van der Waals surface area contributed by atoms with Crippen LogP contribution in [0.5, 0.6) is 0 Å². The van der Waals surface area contributed by atoms with Gasteiger partial charge in [0.1, 0.15) is 12.6 Å². The molecule has 1 unspecified atom stereocenters. The van der Waals surface area contributed by atoms with Gasteiger partial charge in [-0.25, -0.2) is 0 Å². The summed E-state index contributed by atoms with van der Waals surface area (Å²) in [7, 11) is 0. The molecule has 1 atom stereocenters. The van der Waals surface area contributed by atoms with E-state index in [2.05, 4.69) is 5.32 Å². The molecule has 0 aliphatic carbocycles. The zero-order valence-corrected chi connectivity index (χ0v) is 17.9. The number of nitrogens with zero attached hydrogens (tertiary/aromatic N) is 2. The Labute approximate surface area is 182 Å². The first-order chi connectivity index (χ1) is 14.9. The van der Waals surface area contributed by atoms with E-state index >= 15 is 0 Å². The topological polar surface area (TPSA) is 61.8 Å². The first kappa shape index (κ1) is 20.5. The normalized spacial score (nSPS) is 15.7. The second-order valence-corrected chi connectivity index (χ2v) is 7.89. The summed E-state index contributed by atoms with van der Waals surface area (Å²) in [5, 5.41) is 2.93. The van der Waals surface area contributed by atoms with Crippen LogP contribution in [0.25, 0.3) is 0 Å². The minimum Gasteiger partial charge on any atom is -0.325 e. The average Bonchev–Trinajstić information content (AvgIpc) is 2.84. The molecule has 1 aliphatic heterocycles. The Morgan fingerprint density at radius 1 is 0.968 bits per heavy atom. The van der Waals surface area contributed by atoms with E-state index < -0.39 is 6.04 Å². The van der Waals surface area contributed by atoms with Gasteiger partial charge in [0, 0.05) is 16.8 Å². The molecule has 3 aromatic carbocycles. The van der Waals surface area contributed by atoms with E-state index in [1.165, 1.54) is 4.90 Å². The number of aryl methyl sites for hydroxylation is 2. The third-order valence-electron chi connectivity index (χ3n) is 5.25. The molecule has 2 amide bonds. The van der Waals surface area contributed by atoms with Gasteiger partial charge in [-0.1, -0.05) is 54.6 Å². The molecule has 5 nitrogen and oxygen atoms in total. The van der Waals surface area contributed by atoms with Crippen LogP contribution in [-0.4, -0.2) is 30.1 Å². The van der Waals surface area contributed by atoms with Gasteiger partial charge in [-0.2, -0.15) is 0 Å². The predicted molar refractivity (Wildman–Crippen MR) is 125 cm³/mol. The molecule has 1 N–H and O–H groups in total. The van der Waals surface area contributed by atoms with E-state index in [1.807, 2.05) is 86.6 Å². The van der Waals surface area contributed by atoms with Gasteiger partial charge in [0.2, 0.25) is 5.91 Å². The van der Waals surface area contributed by atoms with Crippen LogP contribution in [-0.2, 0) is 9.59 Å². The highest BCUT2D eigenvalue weighted by atomic mass is 16.2. The number of para-hydroxylation sites is 1. The van der Waals surface area contributed by atoms with Crippen LogP contribution in [0.1, 0.15) is 29.2 Å². The van der Waals surface area contributed by atoms with Gasteiger partial charge < -0.3 is 10.2 Å². The van der Waals surface area contributed by atoms with Crippen molar-refractivity contribution in [1.82, 2.24) is 0 Å². The zero-order valence-electron chi connectivity index (χ0n) is 17.9. The lowest BCUT2D eigenvalue weighted by Crippen LogP contribution is -2.42. The number of amides is 2. The van der Waals surface area contributed by atoms with Crippen LogP contribution in [0.2, 0.25) is 0 Å². The highest BCUT2D eigenvalue weighted by Crippen LogP contribution is 2.28. The van der Waals surface area contributed by atoms with E-state index in [9.17, 15) is 9.59 Å². The number of rotatable bonds is 4. The fourth-order valence-electron chi connectivity index (χ4n) is 3.95. The van der Waals surface area contributed by atoms with Gasteiger partial charge in [-0.05, 0) is 50.1 Å². The number of fused-ring (bicyclic) bond motifs is 1. The maximum absolute atomic E-state index is 13.2. The Hall–Kier alpha value is -3.73. The molecule has 3 aromatic rings. The van der Waals surface area contributed by atoms with Crippen LogP contribution in [0.15, 0.2) is 77.8 Å². The summed E-state index contributed by atoms with van der Waals surface area (Å²) in [5.41, 5.74) is 6.10. The standard InChI is InChI=1S/C26H25N3O2/c1-17-13-18(2)15-21(14-17)28-24(30)16-29-23-12-8-7-11-22(23)25(27-19(3)26(29)31)20-9-5-4-6-10-20/h4-15,19H,16H2,1-3H3,(H,28,30). The van der Waals surface area contributed by atoms with Crippen molar-refractivity contribution in [3.05, 3.63) is 95.1 Å². The highest BCUT2D eigenvalue weighted by Gasteiger charge is 2.30. The first-order valence-corrected chi connectivity index (χ1v) is 10.3. The predicted octanol–water partition coefficient (Wildman–Crippen LogP) is 4.51. The van der Waals surface area contributed by atoms with E-state index in [1.54, 1.807) is 6.92 Å². The molecule has 156 valence electrons. The lowest BCUT2D eigenvalue weighted by Gasteiger charge is -2.24. The van der Waals surface area contributed by atoms with Gasteiger partial charge in [-0.3, -0.25) is 14.6 Å². The first-order valence-electron chi connectivity index (χ1n) is 10.3. The number of carbonyl (C=O) groups is 2. The summed E-state index contributed by atoms with van der Waals surface area (Å²) < 4.78 is 0. The van der Waals surface area contributed by atoms with Gasteiger partial charge in [0.15, 0.2) is 0 Å². The smallest absolute Gasteiger partial charge is 0.252 e. The van der Waals surface area contributed by atoms with Gasteiger partial charge in [0.05, 0.1) is 11.4 Å². The Kier molecular flexibility index (Phi) is 5.67. The minimum atomic E-state index is -0.600. The third kappa shape index (κ3) is 4.40. The monoisotopic (exact) mass is 411 g/mol. The summed E-state index contributed by atoms with van der Waals surface area (Å²) in [5.74, 6) is -0.447. The summed E-state index contributed by atoms with van der Waals surface area (Å²) in [6.45, 7) is 5.67. The van der Waals surface area contributed by atoms with Gasteiger partial charge in [0.25, 0.3) is 5.91 Å². The molecule has 0 bridgehead atoms. The minimum absolute atomic E-state index is 0.0786. The van der Waals surface area contributed by atoms with Crippen molar-refractivity contribution in [2.75, 3.05) is 16.8 Å². The molecule has 1 aliphatic rings. The number of anilines is 2. The van der Waals surface area contributed by atoms with Crippen LogP contribution < -0.4 is 10.2 Å². The second kappa shape index (κ2) is 8.56. The molecule has 31 heavy (non-hydrogen) atoms. The average molecular weight is 412 g/mol. The van der Waals surface area contributed by atoms with Crippen molar-refractivity contribution < 1.29 is 9.59 Å². The van der Waals surface area contributed by atoms with Crippen molar-refractivity contribution in [3.63, 3.8) is 0 Å². The Morgan fingerprint density at radius 3 is 2.32 bits per heavy atom. The summed E-state index contributed by atoms with van der Waals surface area (Å²) in [6.07, 6.45) is 0. The third-order valence-corrected chi connectivity index (χ3v) is 5.25. The molecule has 0 radical (unpaired) electrons. The van der Waals surface area contributed by atoms with Crippen LogP contribution in [0.4, 0.5) is 11.4 Å². The number of benzene rings is 3. The summed E-state index contributed by atoms with van der Waals surface area (Å²) in [6, 6.07) is 22.7. The van der Waals surface area contributed by atoms with Crippen molar-refractivity contribution in [2.24, 2.45) is 4.99 Å². The quantitative estimate of drug-likeness (QED) is 0.686. The van der Waals surface area contributed by atoms with E-state index in [-0.39, 0.29) is 18.4 Å². The second-order valence-electron chi connectivity index (χ2n) is 7.89. The number of hydrogen-bond acceptors (Lipinski definition) is 3. The molecule has 4 rings (SSSR count). The van der Waals surface area contributed by atoms with Crippen LogP contribution in [0, 0.1) is 13.8 Å². The molecule has 0 fully saturated rings. The lowest BCUT2D eigenvalue weighted by molar-refractivity contribution is -0.122. The summed E-state index contributed by atoms with van der Waals surface area (Å²) >= 11 is 0. The van der Waals surface area contributed by atoms with E-state index in [4.69, 9.17) is 4.99 Å². The molecule has 5 heteroatoms. The Bertz CT molecular complexity index is 1150. The van der Waals surface area contributed by atoms with Crippen molar-refractivity contribution >= 4 is 28.9 Å². The lowest BCUT2D eigenvalue weighted by atomic mass is 10.0. The SMILES string of the molecule is Cc1cc(C)cc(NC(=O)CN2C(=O)C(C)N=C(c3ccccc3)c3ccccc32)c1. The Balaban J connectivity index is 1.67. The maximum Gasteiger partial charge on any atom is 0.252 e. The number of nitrogens with one attached hydrogen (secondary N) is 1. The van der Waals surface area contributed by atoms with Crippen molar-refractivity contribution in [3.8, 4) is 0 Å². The summed E-state index contributed by atoms with van der Waals surface area (Å²) in [4.78, 5) is 32.4. The van der Waals surface area contributed by atoms with Gasteiger partial charge >= 0.3 is 0 Å². The number of benzodiazepines with no additional fused rings is 1. The molecule has 0 saturated carbocycles. The van der Waals surface area contributed by atoms with E-state index in [0.29, 0.717) is 5.69 Å². The van der Waals surface area contributed by atoms with Crippen molar-refractivity contribution in [1.29, 1.82) is 0 Å². The molecule has 1 heterocycles.